The molecule has 1 atom stereocenters. The van der Waals surface area contributed by atoms with Crippen LogP contribution in [0.25, 0.3) is 5.69 Å². The summed E-state index contributed by atoms with van der Waals surface area (Å²) in [5.41, 5.74) is 1.04. The molecule has 1 fully saturated rings. The van der Waals surface area contributed by atoms with Gasteiger partial charge in [0.15, 0.2) is 5.78 Å². The van der Waals surface area contributed by atoms with Crippen LogP contribution in [0, 0.1) is 36.7 Å². The third kappa shape index (κ3) is 3.96. The maximum absolute atomic E-state index is 14.1. The summed E-state index contributed by atoms with van der Waals surface area (Å²) >= 11 is 0. The SMILES string of the molecule is Cc1ccc(-n2c(C)cc(C(=O)CN3C(=O)NC(C)(c4cccc([N+](=O)[O-])c4)C3=O)c2C)cc1F. The zero-order chi connectivity index (χ0) is 25.7. The van der Waals surface area contributed by atoms with Gasteiger partial charge in [-0.3, -0.25) is 24.6 Å². The highest BCUT2D eigenvalue weighted by Crippen LogP contribution is 2.31. The molecule has 3 amide bonds. The molecule has 1 N–H and O–H groups in total. The van der Waals surface area contributed by atoms with E-state index >= 15 is 0 Å². The Bertz CT molecular complexity index is 1410. The maximum Gasteiger partial charge on any atom is 0.325 e. The van der Waals surface area contributed by atoms with E-state index in [1.54, 1.807) is 43.5 Å². The highest BCUT2D eigenvalue weighted by Gasteiger charge is 2.50. The average Bonchev–Trinajstić information content (AvgIpc) is 3.23. The summed E-state index contributed by atoms with van der Waals surface area (Å²) in [4.78, 5) is 50.4. The minimum Gasteiger partial charge on any atom is -0.319 e. The van der Waals surface area contributed by atoms with Crippen molar-refractivity contribution < 1.29 is 23.7 Å². The molecule has 9 nitrogen and oxygen atoms in total. The molecule has 0 radical (unpaired) electrons. The van der Waals surface area contributed by atoms with Crippen LogP contribution in [0.4, 0.5) is 14.9 Å². The number of carbonyl (C=O) groups excluding carboxylic acids is 3. The van der Waals surface area contributed by atoms with Crippen LogP contribution in [-0.4, -0.2) is 38.7 Å². The third-order valence-electron chi connectivity index (χ3n) is 6.36. The first-order valence-electron chi connectivity index (χ1n) is 10.8. The van der Waals surface area contributed by atoms with Gasteiger partial charge in [0.25, 0.3) is 11.6 Å². The molecule has 0 bridgehead atoms. The summed E-state index contributed by atoms with van der Waals surface area (Å²) in [6, 6.07) is 11.1. The largest absolute Gasteiger partial charge is 0.325 e. The van der Waals surface area contributed by atoms with E-state index in [1.165, 1.54) is 37.3 Å². The van der Waals surface area contributed by atoms with Gasteiger partial charge in [-0.1, -0.05) is 18.2 Å². The number of imide groups is 1. The molecule has 1 unspecified atom stereocenters. The Labute approximate surface area is 200 Å². The number of rotatable bonds is 6. The first-order valence-corrected chi connectivity index (χ1v) is 10.8. The fourth-order valence-corrected chi connectivity index (χ4v) is 4.36. The minimum absolute atomic E-state index is 0.222. The number of hydrogen-bond donors (Lipinski definition) is 1. The quantitative estimate of drug-likeness (QED) is 0.248. The van der Waals surface area contributed by atoms with Crippen LogP contribution >= 0.6 is 0 Å². The normalized spacial score (nSPS) is 17.6. The standard InChI is InChI=1S/C25H23FN4O5/c1-14-8-9-18(12-21(14)26)29-15(2)10-20(16(29)3)22(31)13-28-23(32)25(4,27-24(28)33)17-6-5-7-19(11-17)30(34)35/h5-12H,13H2,1-4H3,(H,27,33). The monoisotopic (exact) mass is 478 g/mol. The smallest absolute Gasteiger partial charge is 0.319 e. The second kappa shape index (κ2) is 8.46. The number of benzene rings is 2. The first-order chi connectivity index (χ1) is 16.4. The van der Waals surface area contributed by atoms with Crippen LogP contribution in [0.2, 0.25) is 0 Å². The van der Waals surface area contributed by atoms with Gasteiger partial charge >= 0.3 is 6.03 Å². The molecular formula is C25H23FN4O5. The number of non-ortho nitro benzene ring substituents is 1. The van der Waals surface area contributed by atoms with E-state index < -0.39 is 34.7 Å². The van der Waals surface area contributed by atoms with E-state index in [1.807, 2.05) is 0 Å². The molecule has 0 spiro atoms. The number of amides is 3. The van der Waals surface area contributed by atoms with Crippen molar-refractivity contribution in [3.63, 3.8) is 0 Å². The van der Waals surface area contributed by atoms with Crippen LogP contribution in [0.3, 0.4) is 0 Å². The minimum atomic E-state index is -1.56. The molecule has 1 aromatic heterocycles. The lowest BCUT2D eigenvalue weighted by Gasteiger charge is -2.22. The van der Waals surface area contributed by atoms with Crippen molar-refractivity contribution in [2.45, 2.75) is 33.2 Å². The number of aryl methyl sites for hydroxylation is 2. The first kappa shape index (κ1) is 23.8. The Balaban J connectivity index is 1.62. The number of nitrogens with zero attached hydrogens (tertiary/aromatic N) is 3. The zero-order valence-corrected chi connectivity index (χ0v) is 19.6. The molecular weight excluding hydrogens is 455 g/mol. The van der Waals surface area contributed by atoms with Crippen LogP contribution in [-0.2, 0) is 10.3 Å². The van der Waals surface area contributed by atoms with Gasteiger partial charge in [-0.05, 0) is 57.0 Å². The summed E-state index contributed by atoms with van der Waals surface area (Å²) in [5.74, 6) is -1.53. The fraction of sp³-hybridized carbons (Fsp3) is 0.240. The Morgan fingerprint density at radius 2 is 1.83 bits per heavy atom. The summed E-state index contributed by atoms with van der Waals surface area (Å²) in [6.07, 6.45) is 0. The second-order valence-electron chi connectivity index (χ2n) is 8.73. The van der Waals surface area contributed by atoms with E-state index in [0.717, 1.165) is 4.90 Å². The lowest BCUT2D eigenvalue weighted by atomic mass is 9.91. The van der Waals surface area contributed by atoms with Crippen LogP contribution in [0.1, 0.15) is 39.8 Å². The highest BCUT2D eigenvalue weighted by molar-refractivity contribution is 6.11. The molecule has 10 heteroatoms. The van der Waals surface area contributed by atoms with Gasteiger partial charge in [0.2, 0.25) is 0 Å². The van der Waals surface area contributed by atoms with Gasteiger partial charge in [0.05, 0.1) is 11.5 Å². The topological polar surface area (TPSA) is 115 Å². The molecule has 180 valence electrons. The van der Waals surface area contributed by atoms with Crippen molar-refractivity contribution in [3.05, 3.63) is 92.5 Å². The molecule has 35 heavy (non-hydrogen) atoms. The number of hydrogen-bond acceptors (Lipinski definition) is 5. The molecule has 1 saturated heterocycles. The lowest BCUT2D eigenvalue weighted by molar-refractivity contribution is -0.385. The Morgan fingerprint density at radius 3 is 2.49 bits per heavy atom. The maximum atomic E-state index is 14.1. The molecule has 2 aromatic carbocycles. The van der Waals surface area contributed by atoms with E-state index in [4.69, 9.17) is 0 Å². The molecule has 0 aliphatic carbocycles. The number of Topliss-reactive ketones (excluding diaryl/α,β-unsaturated/α-hetero) is 1. The number of nitro benzene ring substituents is 1. The summed E-state index contributed by atoms with van der Waals surface area (Å²) in [7, 11) is 0. The second-order valence-corrected chi connectivity index (χ2v) is 8.73. The number of urea groups is 1. The van der Waals surface area contributed by atoms with Crippen molar-refractivity contribution >= 4 is 23.4 Å². The van der Waals surface area contributed by atoms with Gasteiger partial charge in [0.1, 0.15) is 11.4 Å². The van der Waals surface area contributed by atoms with Crippen LogP contribution in [0.15, 0.2) is 48.5 Å². The van der Waals surface area contributed by atoms with Crippen molar-refractivity contribution in [2.24, 2.45) is 0 Å². The number of halogens is 1. The van der Waals surface area contributed by atoms with Gasteiger partial charge in [0, 0.05) is 34.8 Å². The molecule has 3 aromatic rings. The van der Waals surface area contributed by atoms with Crippen molar-refractivity contribution in [1.29, 1.82) is 0 Å². The fourth-order valence-electron chi connectivity index (χ4n) is 4.36. The molecule has 1 aliphatic rings. The van der Waals surface area contributed by atoms with E-state index in [0.29, 0.717) is 28.2 Å². The Morgan fingerprint density at radius 1 is 1.11 bits per heavy atom. The number of ketones is 1. The van der Waals surface area contributed by atoms with E-state index in [2.05, 4.69) is 5.32 Å². The lowest BCUT2D eigenvalue weighted by Crippen LogP contribution is -2.41. The van der Waals surface area contributed by atoms with Crippen molar-refractivity contribution in [3.8, 4) is 5.69 Å². The highest BCUT2D eigenvalue weighted by atomic mass is 19.1. The number of nitro groups is 1. The predicted molar refractivity (Wildman–Crippen MR) is 125 cm³/mol. The molecule has 4 rings (SSSR count). The van der Waals surface area contributed by atoms with Gasteiger partial charge in [-0.25, -0.2) is 9.18 Å². The van der Waals surface area contributed by atoms with Crippen molar-refractivity contribution in [2.75, 3.05) is 6.54 Å². The number of nitrogens with one attached hydrogen (secondary N) is 1. The zero-order valence-electron chi connectivity index (χ0n) is 19.6. The van der Waals surface area contributed by atoms with E-state index in [-0.39, 0.29) is 17.1 Å². The molecule has 0 saturated carbocycles. The summed E-state index contributed by atoms with van der Waals surface area (Å²) in [5, 5.41) is 13.7. The summed E-state index contributed by atoms with van der Waals surface area (Å²) in [6.45, 7) is 6.06. The van der Waals surface area contributed by atoms with Gasteiger partial charge < -0.3 is 9.88 Å². The third-order valence-corrected chi connectivity index (χ3v) is 6.36. The van der Waals surface area contributed by atoms with Gasteiger partial charge in [-0.15, -0.1) is 0 Å². The van der Waals surface area contributed by atoms with E-state index in [9.17, 15) is 28.9 Å². The number of carbonyl (C=O) groups is 3. The Kier molecular flexibility index (Phi) is 5.75. The predicted octanol–water partition coefficient (Wildman–Crippen LogP) is 4.10. The number of aromatic nitrogens is 1. The summed E-state index contributed by atoms with van der Waals surface area (Å²) < 4.78 is 15.9. The molecule has 2 heterocycles. The van der Waals surface area contributed by atoms with Crippen LogP contribution < -0.4 is 5.32 Å². The Hall–Kier alpha value is -4.34. The van der Waals surface area contributed by atoms with Crippen LogP contribution in [0.5, 0.6) is 0 Å². The average molecular weight is 478 g/mol. The van der Waals surface area contributed by atoms with Crippen molar-refractivity contribution in [1.82, 2.24) is 14.8 Å². The van der Waals surface area contributed by atoms with Gasteiger partial charge in [-0.2, -0.15) is 0 Å². The molecule has 1 aliphatic heterocycles.